The van der Waals surface area contributed by atoms with E-state index in [2.05, 4.69) is 4.72 Å². The highest BCUT2D eigenvalue weighted by Crippen LogP contribution is 2.37. The second-order valence-corrected chi connectivity index (χ2v) is 4.34. The molecule has 1 unspecified atom stereocenters. The van der Waals surface area contributed by atoms with Gasteiger partial charge in [-0.25, -0.2) is 8.78 Å². The van der Waals surface area contributed by atoms with E-state index in [0.717, 1.165) is 12.2 Å². The topological polar surface area (TPSA) is 29.1 Å². The molecule has 1 aliphatic carbocycles. The first kappa shape index (κ1) is 11.8. The summed E-state index contributed by atoms with van der Waals surface area (Å²) in [4.78, 5) is 10.4. The SMILES string of the molecule is O=C(Cl)NSC1=C(F)CC(F)(Cl)C=C1. The molecule has 1 amide bonds. The molecule has 0 aliphatic heterocycles. The zero-order valence-corrected chi connectivity index (χ0v) is 9.02. The number of amides is 1. The van der Waals surface area contributed by atoms with Crippen molar-refractivity contribution in [1.82, 2.24) is 4.72 Å². The van der Waals surface area contributed by atoms with Gasteiger partial charge < -0.3 is 0 Å². The largest absolute Gasteiger partial charge is 0.323 e. The predicted molar refractivity (Wildman–Crippen MR) is 53.6 cm³/mol. The van der Waals surface area contributed by atoms with Crippen molar-refractivity contribution in [3.63, 3.8) is 0 Å². The van der Waals surface area contributed by atoms with E-state index in [-0.39, 0.29) is 4.91 Å². The van der Waals surface area contributed by atoms with Gasteiger partial charge in [-0.05, 0) is 35.7 Å². The van der Waals surface area contributed by atoms with Gasteiger partial charge in [0.2, 0.25) is 5.13 Å². The van der Waals surface area contributed by atoms with Crippen molar-refractivity contribution in [3.8, 4) is 0 Å². The third kappa shape index (κ3) is 3.48. The van der Waals surface area contributed by atoms with Gasteiger partial charge in [-0.3, -0.25) is 9.52 Å². The number of nitrogens with one attached hydrogen (secondary N) is 1. The first-order chi connectivity index (χ1) is 6.41. The van der Waals surface area contributed by atoms with Crippen molar-refractivity contribution >= 4 is 40.5 Å². The van der Waals surface area contributed by atoms with E-state index in [9.17, 15) is 13.6 Å². The van der Waals surface area contributed by atoms with E-state index >= 15 is 0 Å². The Kier molecular flexibility index (Phi) is 3.80. The van der Waals surface area contributed by atoms with Crippen LogP contribution in [0, 0.1) is 0 Å². The quantitative estimate of drug-likeness (QED) is 0.355. The summed E-state index contributed by atoms with van der Waals surface area (Å²) in [5.41, 5.74) is 0. The van der Waals surface area contributed by atoms with Crippen LogP contribution in [0.3, 0.4) is 0 Å². The molecule has 1 atom stereocenters. The maximum atomic E-state index is 13.1. The Bertz CT molecular complexity index is 317. The summed E-state index contributed by atoms with van der Waals surface area (Å²) in [5.74, 6) is -0.722. The Hall–Kier alpha value is -0.260. The molecule has 1 rings (SSSR count). The Labute approximate surface area is 93.5 Å². The highest BCUT2D eigenvalue weighted by atomic mass is 35.5. The molecule has 0 heterocycles. The van der Waals surface area contributed by atoms with Gasteiger partial charge in [-0.2, -0.15) is 0 Å². The van der Waals surface area contributed by atoms with E-state index in [4.69, 9.17) is 23.2 Å². The second-order valence-electron chi connectivity index (χ2n) is 2.52. The first-order valence-electron chi connectivity index (χ1n) is 3.49. The summed E-state index contributed by atoms with van der Waals surface area (Å²) in [6.45, 7) is 0. The molecule has 0 aromatic carbocycles. The van der Waals surface area contributed by atoms with Crippen LogP contribution in [0.4, 0.5) is 13.6 Å². The zero-order chi connectivity index (χ0) is 10.8. The number of halogens is 4. The lowest BCUT2D eigenvalue weighted by Gasteiger charge is -2.17. The van der Waals surface area contributed by atoms with E-state index in [1.165, 1.54) is 0 Å². The molecule has 14 heavy (non-hydrogen) atoms. The molecule has 7 heteroatoms. The lowest BCUT2D eigenvalue weighted by Crippen LogP contribution is -2.15. The molecule has 0 radical (unpaired) electrons. The molecule has 0 aromatic heterocycles. The highest BCUT2D eigenvalue weighted by molar-refractivity contribution is 8.02. The molecule has 0 saturated heterocycles. The van der Waals surface area contributed by atoms with Crippen LogP contribution in [0.15, 0.2) is 22.9 Å². The minimum absolute atomic E-state index is 0.0907. The van der Waals surface area contributed by atoms with Gasteiger partial charge in [-0.15, -0.1) is 0 Å². The first-order valence-corrected chi connectivity index (χ1v) is 5.06. The Balaban J connectivity index is 2.63. The van der Waals surface area contributed by atoms with Crippen LogP contribution in [0.1, 0.15) is 6.42 Å². The van der Waals surface area contributed by atoms with Crippen LogP contribution < -0.4 is 4.72 Å². The smallest absolute Gasteiger partial charge is 0.282 e. The molecule has 0 bridgehead atoms. The van der Waals surface area contributed by atoms with Gasteiger partial charge in [0.05, 0.1) is 11.3 Å². The Morgan fingerprint density at radius 2 is 2.36 bits per heavy atom. The van der Waals surface area contributed by atoms with Gasteiger partial charge in [0.15, 0.2) is 0 Å². The fourth-order valence-electron chi connectivity index (χ4n) is 0.825. The van der Waals surface area contributed by atoms with Gasteiger partial charge in [0.25, 0.3) is 0 Å². The number of hydrogen-bond donors (Lipinski definition) is 1. The average molecular weight is 260 g/mol. The molecule has 1 aliphatic rings. The van der Waals surface area contributed by atoms with E-state index in [1.54, 1.807) is 0 Å². The minimum Gasteiger partial charge on any atom is -0.282 e. The third-order valence-electron chi connectivity index (χ3n) is 1.38. The van der Waals surface area contributed by atoms with Crippen LogP contribution in [0.5, 0.6) is 0 Å². The summed E-state index contributed by atoms with van der Waals surface area (Å²) in [6.07, 6.45) is 1.62. The maximum Gasteiger partial charge on any atom is 0.323 e. The van der Waals surface area contributed by atoms with E-state index in [1.807, 2.05) is 0 Å². The number of allylic oxidation sites excluding steroid dienone is 3. The molecule has 1 N–H and O–H groups in total. The van der Waals surface area contributed by atoms with Gasteiger partial charge in [0.1, 0.15) is 5.83 Å². The van der Waals surface area contributed by atoms with Crippen molar-refractivity contribution in [2.45, 2.75) is 11.5 Å². The summed E-state index contributed by atoms with van der Waals surface area (Å²) >= 11 is 10.9. The monoisotopic (exact) mass is 259 g/mol. The molecule has 78 valence electrons. The number of alkyl halides is 2. The zero-order valence-electron chi connectivity index (χ0n) is 6.69. The van der Waals surface area contributed by atoms with E-state index < -0.39 is 22.7 Å². The predicted octanol–water partition coefficient (Wildman–Crippen LogP) is 3.63. The fraction of sp³-hybridized carbons (Fsp3) is 0.286. The minimum atomic E-state index is -2.18. The molecule has 0 spiro atoms. The fourth-order valence-corrected chi connectivity index (χ4v) is 1.63. The van der Waals surface area contributed by atoms with Gasteiger partial charge in [-0.1, -0.05) is 11.6 Å². The maximum absolute atomic E-state index is 13.1. The summed E-state index contributed by atoms with van der Waals surface area (Å²) in [5, 5.41) is -3.01. The molecule has 0 saturated carbocycles. The van der Waals surface area contributed by atoms with Crippen molar-refractivity contribution in [2.75, 3.05) is 0 Å². The van der Waals surface area contributed by atoms with Crippen LogP contribution in [-0.2, 0) is 0 Å². The van der Waals surface area contributed by atoms with Crippen LogP contribution in [0.25, 0.3) is 0 Å². The number of hydrogen-bond acceptors (Lipinski definition) is 2. The molecule has 0 fully saturated rings. The molecule has 2 nitrogen and oxygen atoms in total. The number of carbonyl (C=O) groups is 1. The Morgan fingerprint density at radius 3 is 2.86 bits per heavy atom. The third-order valence-corrected chi connectivity index (χ3v) is 2.71. The van der Waals surface area contributed by atoms with Crippen molar-refractivity contribution in [1.29, 1.82) is 0 Å². The normalized spacial score (nSPS) is 26.6. The van der Waals surface area contributed by atoms with Crippen molar-refractivity contribution < 1.29 is 13.6 Å². The van der Waals surface area contributed by atoms with Crippen molar-refractivity contribution in [2.24, 2.45) is 0 Å². The molecular weight excluding hydrogens is 255 g/mol. The average Bonchev–Trinajstić information content (AvgIpc) is 2.00. The lowest BCUT2D eigenvalue weighted by atomic mass is 10.1. The lowest BCUT2D eigenvalue weighted by molar-refractivity contribution is 0.264. The van der Waals surface area contributed by atoms with Crippen molar-refractivity contribution in [3.05, 3.63) is 22.9 Å². The Morgan fingerprint density at radius 1 is 1.71 bits per heavy atom. The summed E-state index contributed by atoms with van der Waals surface area (Å²) in [7, 11) is 0. The van der Waals surface area contributed by atoms with E-state index in [0.29, 0.717) is 11.9 Å². The van der Waals surface area contributed by atoms with Crippen LogP contribution >= 0.6 is 35.1 Å². The van der Waals surface area contributed by atoms with Crippen LogP contribution in [-0.4, -0.2) is 10.5 Å². The van der Waals surface area contributed by atoms with Gasteiger partial charge >= 0.3 is 5.37 Å². The van der Waals surface area contributed by atoms with Gasteiger partial charge in [0, 0.05) is 0 Å². The second kappa shape index (κ2) is 4.51. The summed E-state index contributed by atoms with van der Waals surface area (Å²) in [6, 6.07) is 0. The summed E-state index contributed by atoms with van der Waals surface area (Å²) < 4.78 is 28.2. The molecular formula is C7H5Cl2F2NOS. The van der Waals surface area contributed by atoms with Crippen LogP contribution in [0.2, 0.25) is 0 Å². The number of carbonyl (C=O) groups excluding carboxylic acids is 1. The highest BCUT2D eigenvalue weighted by Gasteiger charge is 2.29. The molecule has 0 aromatic rings. The standard InChI is InChI=1S/C7H5Cl2F2NOS/c8-6(13)12-14-5-1-2-7(9,11)3-4(5)10/h1-2H,3H2,(H,12,13). The number of rotatable bonds is 2.